The summed E-state index contributed by atoms with van der Waals surface area (Å²) >= 11 is 0. The standard InChI is InChI=1S/C26H30N2O5/c1-18-4-6-19(7-5-18)23-22(24(29)20-8-10-21(32-2)11-9-20)25(30)26(31)28(23)13-3-12-27-14-16-33-17-15-27/h4-11,22-23H,3,12-17H2,1-2H3. The molecule has 2 atom stereocenters. The summed E-state index contributed by atoms with van der Waals surface area (Å²) in [5.41, 5.74) is 2.28. The highest BCUT2D eigenvalue weighted by Gasteiger charge is 2.51. The first-order valence-electron chi connectivity index (χ1n) is 11.4. The smallest absolute Gasteiger partial charge is 0.291 e. The van der Waals surface area contributed by atoms with Crippen LogP contribution >= 0.6 is 0 Å². The van der Waals surface area contributed by atoms with E-state index in [1.54, 1.807) is 36.3 Å². The molecular weight excluding hydrogens is 420 g/mol. The number of ether oxygens (including phenoxy) is 2. The highest BCUT2D eigenvalue weighted by molar-refractivity contribution is 6.44. The summed E-state index contributed by atoms with van der Waals surface area (Å²) in [6, 6.07) is 13.8. The van der Waals surface area contributed by atoms with E-state index < -0.39 is 23.7 Å². The minimum absolute atomic E-state index is 0.336. The lowest BCUT2D eigenvalue weighted by Crippen LogP contribution is -2.39. The SMILES string of the molecule is COc1ccc(C(=O)C2C(=O)C(=O)N(CCCN3CCOCC3)C2c2ccc(C)cc2)cc1. The second-order valence-corrected chi connectivity index (χ2v) is 8.60. The molecule has 2 aromatic carbocycles. The van der Waals surface area contributed by atoms with E-state index in [0.717, 1.165) is 37.2 Å². The molecule has 2 aromatic rings. The maximum atomic E-state index is 13.5. The fourth-order valence-electron chi connectivity index (χ4n) is 4.59. The molecule has 33 heavy (non-hydrogen) atoms. The second kappa shape index (κ2) is 10.3. The Balaban J connectivity index is 1.59. The molecule has 0 N–H and O–H groups in total. The number of hydrogen-bond acceptors (Lipinski definition) is 6. The van der Waals surface area contributed by atoms with Gasteiger partial charge in [-0.2, -0.15) is 0 Å². The molecule has 2 unspecified atom stereocenters. The highest BCUT2D eigenvalue weighted by atomic mass is 16.5. The summed E-state index contributed by atoms with van der Waals surface area (Å²) in [5, 5.41) is 0. The van der Waals surface area contributed by atoms with Gasteiger partial charge in [0.1, 0.15) is 11.7 Å². The first-order valence-corrected chi connectivity index (χ1v) is 11.4. The molecule has 0 bridgehead atoms. The van der Waals surface area contributed by atoms with E-state index in [0.29, 0.717) is 31.1 Å². The lowest BCUT2D eigenvalue weighted by molar-refractivity contribution is -0.140. The van der Waals surface area contributed by atoms with Crippen LogP contribution in [-0.2, 0) is 14.3 Å². The molecule has 2 heterocycles. The van der Waals surface area contributed by atoms with Crippen molar-refractivity contribution in [1.29, 1.82) is 0 Å². The number of likely N-dealkylation sites (tertiary alicyclic amines) is 1. The Bertz CT molecular complexity index is 996. The zero-order valence-corrected chi connectivity index (χ0v) is 19.2. The molecule has 0 radical (unpaired) electrons. The van der Waals surface area contributed by atoms with Gasteiger partial charge in [-0.05, 0) is 43.2 Å². The average Bonchev–Trinajstić information content (AvgIpc) is 3.10. The third-order valence-corrected chi connectivity index (χ3v) is 6.46. The van der Waals surface area contributed by atoms with Crippen molar-refractivity contribution in [2.75, 3.05) is 46.5 Å². The Hall–Kier alpha value is -3.03. The summed E-state index contributed by atoms with van der Waals surface area (Å²) in [4.78, 5) is 43.5. The lowest BCUT2D eigenvalue weighted by atomic mass is 9.86. The number of morpholine rings is 1. The molecule has 0 spiro atoms. The summed E-state index contributed by atoms with van der Waals surface area (Å²) < 4.78 is 10.6. The van der Waals surface area contributed by atoms with Gasteiger partial charge >= 0.3 is 0 Å². The number of amides is 1. The van der Waals surface area contributed by atoms with Crippen LogP contribution < -0.4 is 4.74 Å². The number of rotatable bonds is 8. The number of hydrogen-bond donors (Lipinski definition) is 0. The normalized spacial score (nSPS) is 21.5. The van der Waals surface area contributed by atoms with Crippen LogP contribution in [0.5, 0.6) is 5.75 Å². The van der Waals surface area contributed by atoms with Crippen molar-refractivity contribution in [3.05, 3.63) is 65.2 Å². The van der Waals surface area contributed by atoms with Crippen molar-refractivity contribution in [3.8, 4) is 5.75 Å². The van der Waals surface area contributed by atoms with Crippen molar-refractivity contribution in [1.82, 2.24) is 9.80 Å². The van der Waals surface area contributed by atoms with Crippen LogP contribution in [-0.4, -0.2) is 73.8 Å². The molecule has 1 amide bonds. The summed E-state index contributed by atoms with van der Waals surface area (Å²) in [7, 11) is 1.55. The van der Waals surface area contributed by atoms with E-state index in [2.05, 4.69) is 4.90 Å². The molecular formula is C26H30N2O5. The summed E-state index contributed by atoms with van der Waals surface area (Å²) in [6.45, 7) is 6.39. The molecule has 174 valence electrons. The number of ketones is 2. The number of methoxy groups -OCH3 is 1. The predicted octanol–water partition coefficient (Wildman–Crippen LogP) is 2.68. The van der Waals surface area contributed by atoms with Crippen molar-refractivity contribution in [2.45, 2.75) is 19.4 Å². The van der Waals surface area contributed by atoms with E-state index in [1.165, 1.54) is 0 Å². The monoisotopic (exact) mass is 450 g/mol. The maximum Gasteiger partial charge on any atom is 0.291 e. The van der Waals surface area contributed by atoms with Crippen LogP contribution in [0.3, 0.4) is 0 Å². The number of carbonyl (C=O) groups excluding carboxylic acids is 3. The molecule has 7 heteroatoms. The quantitative estimate of drug-likeness (QED) is 0.350. The van der Waals surface area contributed by atoms with E-state index in [9.17, 15) is 14.4 Å². The van der Waals surface area contributed by atoms with Gasteiger partial charge < -0.3 is 14.4 Å². The van der Waals surface area contributed by atoms with Crippen LogP contribution in [0.15, 0.2) is 48.5 Å². The van der Waals surface area contributed by atoms with Gasteiger partial charge in [0, 0.05) is 31.7 Å². The Labute approximate surface area is 194 Å². The highest BCUT2D eigenvalue weighted by Crippen LogP contribution is 2.38. The van der Waals surface area contributed by atoms with E-state index in [1.807, 2.05) is 31.2 Å². The molecule has 0 saturated carbocycles. The molecule has 0 aromatic heterocycles. The first kappa shape index (κ1) is 23.1. The maximum absolute atomic E-state index is 13.5. The van der Waals surface area contributed by atoms with Gasteiger partial charge in [0.15, 0.2) is 5.78 Å². The number of benzene rings is 2. The fraction of sp³-hybridized carbons (Fsp3) is 0.423. The largest absolute Gasteiger partial charge is 0.497 e. The topological polar surface area (TPSA) is 76.2 Å². The number of Topliss-reactive ketones (excluding diaryl/α,β-unsaturated/α-hetero) is 2. The average molecular weight is 451 g/mol. The van der Waals surface area contributed by atoms with Gasteiger partial charge in [0.25, 0.3) is 5.91 Å². The zero-order chi connectivity index (χ0) is 23.4. The molecule has 0 aliphatic carbocycles. The fourth-order valence-corrected chi connectivity index (χ4v) is 4.59. The molecule has 4 rings (SSSR count). The van der Waals surface area contributed by atoms with Gasteiger partial charge in [-0.1, -0.05) is 29.8 Å². The van der Waals surface area contributed by atoms with Crippen LogP contribution in [0, 0.1) is 12.8 Å². The Morgan fingerprint density at radius 3 is 2.30 bits per heavy atom. The summed E-state index contributed by atoms with van der Waals surface area (Å²) in [5.74, 6) is -1.98. The number of carbonyl (C=O) groups is 3. The zero-order valence-electron chi connectivity index (χ0n) is 19.2. The van der Waals surface area contributed by atoms with Crippen LogP contribution in [0.1, 0.15) is 33.9 Å². The summed E-state index contributed by atoms with van der Waals surface area (Å²) in [6.07, 6.45) is 0.727. The number of aryl methyl sites for hydroxylation is 1. The van der Waals surface area contributed by atoms with Crippen molar-refractivity contribution < 1.29 is 23.9 Å². The Morgan fingerprint density at radius 1 is 1.00 bits per heavy atom. The minimum Gasteiger partial charge on any atom is -0.497 e. The van der Waals surface area contributed by atoms with Crippen LogP contribution in [0.4, 0.5) is 0 Å². The molecule has 2 aliphatic rings. The third-order valence-electron chi connectivity index (χ3n) is 6.46. The van der Waals surface area contributed by atoms with E-state index >= 15 is 0 Å². The number of nitrogens with zero attached hydrogens (tertiary/aromatic N) is 2. The van der Waals surface area contributed by atoms with Crippen molar-refractivity contribution in [3.63, 3.8) is 0 Å². The van der Waals surface area contributed by atoms with Gasteiger partial charge in [-0.25, -0.2) is 0 Å². The second-order valence-electron chi connectivity index (χ2n) is 8.60. The van der Waals surface area contributed by atoms with Crippen molar-refractivity contribution >= 4 is 17.5 Å². The predicted molar refractivity (Wildman–Crippen MR) is 123 cm³/mol. The van der Waals surface area contributed by atoms with Gasteiger partial charge in [-0.15, -0.1) is 0 Å². The molecule has 2 aliphatic heterocycles. The van der Waals surface area contributed by atoms with Gasteiger partial charge in [0.2, 0.25) is 5.78 Å². The first-order chi connectivity index (χ1) is 16.0. The third kappa shape index (κ3) is 4.99. The van der Waals surface area contributed by atoms with E-state index in [4.69, 9.17) is 9.47 Å². The van der Waals surface area contributed by atoms with Crippen molar-refractivity contribution in [2.24, 2.45) is 5.92 Å². The van der Waals surface area contributed by atoms with Crippen LogP contribution in [0.25, 0.3) is 0 Å². The van der Waals surface area contributed by atoms with Gasteiger partial charge in [-0.3, -0.25) is 19.3 Å². The van der Waals surface area contributed by atoms with E-state index in [-0.39, 0.29) is 5.78 Å². The molecule has 2 fully saturated rings. The Morgan fingerprint density at radius 2 is 1.67 bits per heavy atom. The molecule has 2 saturated heterocycles. The Kier molecular flexibility index (Phi) is 7.20. The minimum atomic E-state index is -1.06. The lowest BCUT2D eigenvalue weighted by Gasteiger charge is -2.30. The van der Waals surface area contributed by atoms with Gasteiger partial charge in [0.05, 0.1) is 26.4 Å². The van der Waals surface area contributed by atoms with Crippen LogP contribution in [0.2, 0.25) is 0 Å². The molecule has 7 nitrogen and oxygen atoms in total.